The van der Waals surface area contributed by atoms with Crippen LogP contribution in [0.25, 0.3) is 10.9 Å². The van der Waals surface area contributed by atoms with E-state index < -0.39 is 0 Å². The smallest absolute Gasteiger partial charge is 0.261 e. The molecular weight excluding hydrogens is 412 g/mol. The molecule has 0 aliphatic carbocycles. The number of hydrogen-bond acceptors (Lipinski definition) is 3. The highest BCUT2D eigenvalue weighted by molar-refractivity contribution is 5.86. The molecule has 5 heteroatoms. The number of ether oxygens (including phenoxy) is 2. The number of benzene rings is 3. The number of fused-ring (bicyclic) bond motifs is 1. The Kier molecular flexibility index (Phi) is 6.68. The molecule has 4 rings (SSSR count). The minimum Gasteiger partial charge on any atom is -0.497 e. The van der Waals surface area contributed by atoms with E-state index in [1.165, 1.54) is 5.56 Å². The number of methoxy groups -OCH3 is 1. The van der Waals surface area contributed by atoms with Crippen molar-refractivity contribution in [3.63, 3.8) is 0 Å². The van der Waals surface area contributed by atoms with Gasteiger partial charge in [-0.3, -0.25) is 4.79 Å². The number of hydrogen-bond donors (Lipinski definition) is 1. The maximum absolute atomic E-state index is 13.4. The third kappa shape index (κ3) is 4.72. The Balaban J connectivity index is 1.67. The Morgan fingerprint density at radius 2 is 1.70 bits per heavy atom. The van der Waals surface area contributed by atoms with Crippen LogP contribution in [0.1, 0.15) is 35.2 Å². The highest BCUT2D eigenvalue weighted by Gasteiger charge is 2.28. The maximum atomic E-state index is 13.4. The van der Waals surface area contributed by atoms with Crippen LogP contribution in [-0.4, -0.2) is 36.1 Å². The second-order valence-corrected chi connectivity index (χ2v) is 8.18. The largest absolute Gasteiger partial charge is 0.497 e. The van der Waals surface area contributed by atoms with Crippen molar-refractivity contribution in [1.82, 2.24) is 9.88 Å². The third-order valence-electron chi connectivity index (χ3n) is 6.16. The lowest BCUT2D eigenvalue weighted by molar-refractivity contribution is -0.134. The molecule has 0 bridgehead atoms. The van der Waals surface area contributed by atoms with Gasteiger partial charge in [0.05, 0.1) is 13.2 Å². The van der Waals surface area contributed by atoms with Gasteiger partial charge in [0.1, 0.15) is 11.5 Å². The van der Waals surface area contributed by atoms with E-state index in [2.05, 4.69) is 18.0 Å². The molecule has 170 valence electrons. The fourth-order valence-electron chi connectivity index (χ4n) is 4.17. The van der Waals surface area contributed by atoms with Gasteiger partial charge in [-0.25, -0.2) is 0 Å². The van der Waals surface area contributed by atoms with Crippen LogP contribution in [0.4, 0.5) is 0 Å². The van der Waals surface area contributed by atoms with Crippen molar-refractivity contribution in [3.8, 4) is 11.5 Å². The zero-order valence-electron chi connectivity index (χ0n) is 19.6. The Morgan fingerprint density at radius 1 is 0.970 bits per heavy atom. The molecule has 0 saturated heterocycles. The van der Waals surface area contributed by atoms with E-state index in [4.69, 9.17) is 9.47 Å². The second kappa shape index (κ2) is 9.82. The lowest BCUT2D eigenvalue weighted by atomic mass is 9.96. The van der Waals surface area contributed by atoms with E-state index in [1.807, 2.05) is 85.6 Å². The zero-order valence-corrected chi connectivity index (χ0v) is 19.6. The van der Waals surface area contributed by atoms with E-state index >= 15 is 0 Å². The highest BCUT2D eigenvalue weighted by atomic mass is 16.5. The van der Waals surface area contributed by atoms with Crippen molar-refractivity contribution in [2.24, 2.45) is 0 Å². The number of nitrogens with one attached hydrogen (secondary N) is 1. The summed E-state index contributed by atoms with van der Waals surface area (Å²) in [5.41, 5.74) is 5.45. The summed E-state index contributed by atoms with van der Waals surface area (Å²) in [6.45, 7) is 6.62. The first kappa shape index (κ1) is 22.5. The summed E-state index contributed by atoms with van der Waals surface area (Å²) in [5, 5.41) is 1.10. The number of likely N-dealkylation sites (N-methyl/N-ethyl adjacent to an activating group) is 1. The minimum atomic E-state index is -0.257. The lowest BCUT2D eigenvalue weighted by Gasteiger charge is -2.31. The zero-order chi connectivity index (χ0) is 23.4. The third-order valence-corrected chi connectivity index (χ3v) is 6.16. The van der Waals surface area contributed by atoms with Crippen LogP contribution in [0.3, 0.4) is 0 Å². The Labute approximate surface area is 195 Å². The molecule has 33 heavy (non-hydrogen) atoms. The van der Waals surface area contributed by atoms with E-state index in [-0.39, 0.29) is 18.6 Å². The van der Waals surface area contributed by atoms with E-state index in [9.17, 15) is 4.79 Å². The van der Waals surface area contributed by atoms with Gasteiger partial charge in [0, 0.05) is 29.2 Å². The lowest BCUT2D eigenvalue weighted by Crippen LogP contribution is -2.38. The SMILES string of the molecule is CCN(C(=O)COc1ccc(C)c(C)c1)[C@@H](c1ccc(OC)cc1)c1c[nH]c2ccccc12. The average molecular weight is 443 g/mol. The summed E-state index contributed by atoms with van der Waals surface area (Å²) in [5.74, 6) is 1.42. The summed E-state index contributed by atoms with van der Waals surface area (Å²) in [6, 6.07) is 21.7. The quantitative estimate of drug-likeness (QED) is 0.375. The van der Waals surface area contributed by atoms with Gasteiger partial charge in [0.25, 0.3) is 5.91 Å². The van der Waals surface area contributed by atoms with E-state index in [1.54, 1.807) is 7.11 Å². The molecule has 0 unspecified atom stereocenters. The number of aromatic nitrogens is 1. The fraction of sp³-hybridized carbons (Fsp3) is 0.250. The normalized spacial score (nSPS) is 11.9. The molecule has 1 aromatic heterocycles. The van der Waals surface area contributed by atoms with Gasteiger partial charge in [-0.15, -0.1) is 0 Å². The van der Waals surface area contributed by atoms with Crippen molar-refractivity contribution in [2.45, 2.75) is 26.8 Å². The monoisotopic (exact) mass is 442 g/mol. The summed E-state index contributed by atoms with van der Waals surface area (Å²) < 4.78 is 11.2. The van der Waals surface area contributed by atoms with Crippen molar-refractivity contribution in [2.75, 3.05) is 20.3 Å². The van der Waals surface area contributed by atoms with Crippen LogP contribution in [-0.2, 0) is 4.79 Å². The van der Waals surface area contributed by atoms with Crippen LogP contribution < -0.4 is 9.47 Å². The number of para-hydroxylation sites is 1. The van der Waals surface area contributed by atoms with Crippen LogP contribution in [0, 0.1) is 13.8 Å². The average Bonchev–Trinajstić information content (AvgIpc) is 3.27. The van der Waals surface area contributed by atoms with Crippen LogP contribution in [0.2, 0.25) is 0 Å². The molecule has 1 amide bonds. The number of amides is 1. The number of H-pyrrole nitrogens is 1. The molecule has 1 heterocycles. The molecule has 4 aromatic rings. The first-order chi connectivity index (χ1) is 16.0. The molecule has 0 radical (unpaired) electrons. The maximum Gasteiger partial charge on any atom is 0.261 e. The Bertz CT molecular complexity index is 1240. The van der Waals surface area contributed by atoms with Gasteiger partial charge < -0.3 is 19.4 Å². The van der Waals surface area contributed by atoms with Gasteiger partial charge in [0.15, 0.2) is 6.61 Å². The molecule has 0 saturated carbocycles. The van der Waals surface area contributed by atoms with Crippen molar-refractivity contribution < 1.29 is 14.3 Å². The predicted molar refractivity (Wildman–Crippen MR) is 132 cm³/mol. The Hall–Kier alpha value is -3.73. The number of carbonyl (C=O) groups is 1. The first-order valence-electron chi connectivity index (χ1n) is 11.2. The van der Waals surface area contributed by atoms with Crippen molar-refractivity contribution in [3.05, 3.63) is 95.2 Å². The molecule has 0 spiro atoms. The van der Waals surface area contributed by atoms with Gasteiger partial charge in [-0.2, -0.15) is 0 Å². The standard InChI is InChI=1S/C28H30N2O3/c1-5-30(27(31)18-33-23-13-10-19(2)20(3)16-23)28(21-11-14-22(32-4)15-12-21)25-17-29-26-9-7-6-8-24(25)26/h6-17,28-29H,5,18H2,1-4H3/t28-/m0/s1. The molecule has 5 nitrogen and oxygen atoms in total. The number of carbonyl (C=O) groups excluding carboxylic acids is 1. The number of nitrogens with zero attached hydrogens (tertiary/aromatic N) is 1. The number of aromatic amines is 1. The van der Waals surface area contributed by atoms with Gasteiger partial charge in [-0.1, -0.05) is 36.4 Å². The summed E-state index contributed by atoms with van der Waals surface area (Å²) in [7, 11) is 1.65. The molecule has 3 aromatic carbocycles. The number of rotatable bonds is 8. The van der Waals surface area contributed by atoms with Crippen LogP contribution in [0.5, 0.6) is 11.5 Å². The van der Waals surface area contributed by atoms with Crippen molar-refractivity contribution in [1.29, 1.82) is 0 Å². The second-order valence-electron chi connectivity index (χ2n) is 8.18. The molecule has 0 aliphatic heterocycles. The van der Waals surface area contributed by atoms with E-state index in [0.29, 0.717) is 12.3 Å². The molecule has 0 aliphatic rings. The van der Waals surface area contributed by atoms with Crippen molar-refractivity contribution >= 4 is 16.8 Å². The fourth-order valence-corrected chi connectivity index (χ4v) is 4.17. The topological polar surface area (TPSA) is 54.6 Å². The van der Waals surface area contributed by atoms with Gasteiger partial charge in [0.2, 0.25) is 0 Å². The van der Waals surface area contributed by atoms with Crippen LogP contribution >= 0.6 is 0 Å². The molecule has 1 N–H and O–H groups in total. The van der Waals surface area contributed by atoms with Gasteiger partial charge in [-0.05, 0) is 67.8 Å². The highest BCUT2D eigenvalue weighted by Crippen LogP contribution is 2.34. The Morgan fingerprint density at radius 3 is 2.39 bits per heavy atom. The molecular formula is C28H30N2O3. The first-order valence-corrected chi connectivity index (χ1v) is 11.2. The van der Waals surface area contributed by atoms with E-state index in [0.717, 1.165) is 33.3 Å². The summed E-state index contributed by atoms with van der Waals surface area (Å²) in [4.78, 5) is 18.7. The molecule has 0 fully saturated rings. The molecule has 1 atom stereocenters. The van der Waals surface area contributed by atoms with Crippen LogP contribution in [0.15, 0.2) is 72.9 Å². The minimum absolute atomic E-state index is 0.0225. The van der Waals surface area contributed by atoms with Gasteiger partial charge >= 0.3 is 0 Å². The summed E-state index contributed by atoms with van der Waals surface area (Å²) in [6.07, 6.45) is 2.00. The predicted octanol–water partition coefficient (Wildman–Crippen LogP) is 5.81. The summed E-state index contributed by atoms with van der Waals surface area (Å²) >= 11 is 0. The number of aryl methyl sites for hydroxylation is 2.